The number of fused-ring (bicyclic) bond motifs is 1. The summed E-state index contributed by atoms with van der Waals surface area (Å²) in [6.07, 6.45) is 10.2. The third-order valence-corrected chi connectivity index (χ3v) is 8.42. The van der Waals surface area contributed by atoms with Gasteiger partial charge in [-0.15, -0.1) is 6.58 Å². The van der Waals surface area contributed by atoms with Crippen molar-refractivity contribution in [1.82, 2.24) is 10.0 Å². The number of rotatable bonds is 4. The average molecular weight is 402 g/mol. The van der Waals surface area contributed by atoms with Crippen molar-refractivity contribution < 1.29 is 9.59 Å². The summed E-state index contributed by atoms with van der Waals surface area (Å²) < 4.78 is 0. The average Bonchev–Trinajstić information content (AvgIpc) is 2.83. The molecule has 0 aromatic heterocycles. The summed E-state index contributed by atoms with van der Waals surface area (Å²) in [5, 5.41) is 4.13. The predicted octanol–water partition coefficient (Wildman–Crippen LogP) is 3.89. The summed E-state index contributed by atoms with van der Waals surface area (Å²) in [7, 11) is 0. The first-order valence-corrected chi connectivity index (χ1v) is 11.5. The van der Waals surface area contributed by atoms with Crippen LogP contribution in [-0.4, -0.2) is 45.8 Å². The van der Waals surface area contributed by atoms with Crippen molar-refractivity contribution in [2.24, 2.45) is 33.6 Å². The molecule has 2 amide bonds. The molecule has 2 aliphatic heterocycles. The number of carbonyl (C=O) groups excluding carboxylic acids is 2. The SMILES string of the molecule is C=CCN=C1SCCCCN1N1C(=O)C2C(C1=O)[C@@]1(C)C=C[C@]2(C(C)C)CC1. The molecule has 2 saturated heterocycles. The molecular formula is C22H31N3O2S. The summed E-state index contributed by atoms with van der Waals surface area (Å²) in [6, 6.07) is 0. The molecule has 0 spiro atoms. The quantitative estimate of drug-likeness (QED) is 0.530. The van der Waals surface area contributed by atoms with Crippen LogP contribution in [0.2, 0.25) is 0 Å². The van der Waals surface area contributed by atoms with Gasteiger partial charge in [0.25, 0.3) is 11.8 Å². The molecule has 0 N–H and O–H groups in total. The van der Waals surface area contributed by atoms with Crippen molar-refractivity contribution in [1.29, 1.82) is 0 Å². The standard InChI is InChI=1S/C22H31N3O2S/c1-5-12-23-20-24(13-6-7-14-28-20)25-18(26)16-17(19(25)27)22(15(2)3)10-8-21(16,4)9-11-22/h5,8,10,15-17H,1,6-7,9,11-14H2,2-4H3/t16?,17?,21-,22+/m0/s1. The highest BCUT2D eigenvalue weighted by molar-refractivity contribution is 8.13. The number of hydrogen-bond acceptors (Lipinski definition) is 4. The molecule has 6 heteroatoms. The number of hydrogen-bond donors (Lipinski definition) is 0. The first-order chi connectivity index (χ1) is 13.4. The van der Waals surface area contributed by atoms with E-state index in [1.807, 2.05) is 5.01 Å². The Labute approximate surface area is 172 Å². The second-order valence-electron chi connectivity index (χ2n) is 9.14. The van der Waals surface area contributed by atoms with Crippen LogP contribution in [0.15, 0.2) is 29.8 Å². The Hall–Kier alpha value is -1.56. The van der Waals surface area contributed by atoms with Gasteiger partial charge in [-0.1, -0.05) is 50.8 Å². The monoisotopic (exact) mass is 401 g/mol. The zero-order chi connectivity index (χ0) is 20.1. The number of thioether (sulfide) groups is 1. The number of aliphatic imine (C=N–C) groups is 1. The Morgan fingerprint density at radius 1 is 1.25 bits per heavy atom. The summed E-state index contributed by atoms with van der Waals surface area (Å²) in [4.78, 5) is 32.1. The molecule has 5 nitrogen and oxygen atoms in total. The van der Waals surface area contributed by atoms with Crippen LogP contribution < -0.4 is 0 Å². The molecule has 4 atom stereocenters. The molecule has 0 radical (unpaired) electrons. The van der Waals surface area contributed by atoms with Gasteiger partial charge in [0, 0.05) is 17.7 Å². The lowest BCUT2D eigenvalue weighted by atomic mass is 9.46. The van der Waals surface area contributed by atoms with Gasteiger partial charge in [0.1, 0.15) is 0 Å². The number of amides is 2. The minimum absolute atomic E-state index is 0.0206. The van der Waals surface area contributed by atoms with Crippen LogP contribution in [0.1, 0.15) is 46.5 Å². The lowest BCUT2D eigenvalue weighted by Gasteiger charge is -2.55. The summed E-state index contributed by atoms with van der Waals surface area (Å²) in [5.41, 5.74) is -0.429. The fourth-order valence-corrected chi connectivity index (χ4v) is 6.63. The minimum Gasteiger partial charge on any atom is -0.272 e. The number of carbonyl (C=O) groups is 2. The van der Waals surface area contributed by atoms with Gasteiger partial charge >= 0.3 is 0 Å². The normalized spacial score (nSPS) is 39.1. The van der Waals surface area contributed by atoms with Crippen LogP contribution in [0.4, 0.5) is 0 Å². The largest absolute Gasteiger partial charge is 0.272 e. The van der Waals surface area contributed by atoms with Gasteiger partial charge in [0.2, 0.25) is 0 Å². The first kappa shape index (κ1) is 19.7. The highest BCUT2D eigenvalue weighted by Crippen LogP contribution is 2.64. The van der Waals surface area contributed by atoms with E-state index in [1.54, 1.807) is 17.8 Å². The van der Waals surface area contributed by atoms with Gasteiger partial charge in [0.05, 0.1) is 18.4 Å². The van der Waals surface area contributed by atoms with Crippen LogP contribution in [0, 0.1) is 28.6 Å². The smallest absolute Gasteiger partial charge is 0.253 e. The van der Waals surface area contributed by atoms with Crippen molar-refractivity contribution >= 4 is 28.7 Å². The number of nitrogens with zero attached hydrogens (tertiary/aromatic N) is 3. The number of amidine groups is 1. The van der Waals surface area contributed by atoms with Gasteiger partial charge < -0.3 is 0 Å². The topological polar surface area (TPSA) is 53.0 Å². The molecule has 0 aromatic carbocycles. The highest BCUT2D eigenvalue weighted by Gasteiger charge is 2.68. The Morgan fingerprint density at radius 2 is 2.00 bits per heavy atom. The van der Waals surface area contributed by atoms with Gasteiger partial charge in [-0.05, 0) is 37.0 Å². The Balaban J connectivity index is 1.76. The van der Waals surface area contributed by atoms with Gasteiger partial charge in [-0.2, -0.15) is 5.01 Å². The van der Waals surface area contributed by atoms with E-state index in [0.29, 0.717) is 19.0 Å². The van der Waals surface area contributed by atoms with Crippen molar-refractivity contribution in [3.8, 4) is 0 Å². The number of imide groups is 1. The van der Waals surface area contributed by atoms with Gasteiger partial charge in [-0.25, -0.2) is 0 Å². The molecule has 5 aliphatic rings. The molecule has 3 aliphatic carbocycles. The Morgan fingerprint density at radius 3 is 2.64 bits per heavy atom. The predicted molar refractivity (Wildman–Crippen MR) is 113 cm³/mol. The second-order valence-corrected chi connectivity index (χ2v) is 10.2. The molecule has 1 saturated carbocycles. The Bertz CT molecular complexity index is 761. The first-order valence-electron chi connectivity index (χ1n) is 10.5. The maximum atomic E-state index is 13.8. The molecule has 152 valence electrons. The summed E-state index contributed by atoms with van der Waals surface area (Å²) in [6.45, 7) is 11.5. The van der Waals surface area contributed by atoms with Crippen molar-refractivity contribution in [3.05, 3.63) is 24.8 Å². The van der Waals surface area contributed by atoms with Crippen LogP contribution in [-0.2, 0) is 9.59 Å². The molecular weight excluding hydrogens is 370 g/mol. The second kappa shape index (κ2) is 7.05. The molecule has 2 unspecified atom stereocenters. The lowest BCUT2D eigenvalue weighted by Crippen LogP contribution is -2.53. The highest BCUT2D eigenvalue weighted by atomic mass is 32.2. The lowest BCUT2D eigenvalue weighted by molar-refractivity contribution is -0.153. The number of allylic oxidation sites excluding steroid dienone is 2. The van der Waals surface area contributed by atoms with E-state index in [0.717, 1.165) is 36.6 Å². The van der Waals surface area contributed by atoms with E-state index < -0.39 is 0 Å². The zero-order valence-electron chi connectivity index (χ0n) is 17.2. The molecule has 3 fully saturated rings. The molecule has 2 bridgehead atoms. The van der Waals surface area contributed by atoms with Crippen molar-refractivity contribution in [2.45, 2.75) is 46.5 Å². The third-order valence-electron chi connectivity index (χ3n) is 7.33. The fourth-order valence-electron chi connectivity index (χ4n) is 5.61. The molecule has 28 heavy (non-hydrogen) atoms. The third kappa shape index (κ3) is 2.71. The maximum absolute atomic E-state index is 13.8. The van der Waals surface area contributed by atoms with Crippen molar-refractivity contribution in [2.75, 3.05) is 18.8 Å². The zero-order valence-corrected chi connectivity index (χ0v) is 18.0. The maximum Gasteiger partial charge on any atom is 0.253 e. The van der Waals surface area contributed by atoms with Crippen LogP contribution >= 0.6 is 11.8 Å². The summed E-state index contributed by atoms with van der Waals surface area (Å²) >= 11 is 1.64. The van der Waals surface area contributed by atoms with Crippen LogP contribution in [0.3, 0.4) is 0 Å². The van der Waals surface area contributed by atoms with Crippen LogP contribution in [0.5, 0.6) is 0 Å². The van der Waals surface area contributed by atoms with Gasteiger partial charge in [-0.3, -0.25) is 19.6 Å². The van der Waals surface area contributed by atoms with Crippen LogP contribution in [0.25, 0.3) is 0 Å². The van der Waals surface area contributed by atoms with E-state index in [1.165, 1.54) is 5.01 Å². The van der Waals surface area contributed by atoms with E-state index in [9.17, 15) is 9.59 Å². The fraction of sp³-hybridized carbons (Fsp3) is 0.682. The molecule has 0 aromatic rings. The van der Waals surface area contributed by atoms with E-state index in [2.05, 4.69) is 44.5 Å². The van der Waals surface area contributed by atoms with E-state index in [4.69, 9.17) is 0 Å². The number of hydrazine groups is 1. The van der Waals surface area contributed by atoms with Crippen molar-refractivity contribution in [3.63, 3.8) is 0 Å². The summed E-state index contributed by atoms with van der Waals surface area (Å²) in [5.74, 6) is 0.733. The van der Waals surface area contributed by atoms with E-state index >= 15 is 0 Å². The molecule has 2 heterocycles. The van der Waals surface area contributed by atoms with E-state index in [-0.39, 0.29) is 34.5 Å². The Kier molecular flexibility index (Phi) is 4.97. The molecule has 5 rings (SSSR count). The van der Waals surface area contributed by atoms with Gasteiger partial charge in [0.15, 0.2) is 5.17 Å². The minimum atomic E-state index is -0.255.